The molecule has 12 heavy (non-hydrogen) atoms. The zero-order valence-electron chi connectivity index (χ0n) is 6.42. The van der Waals surface area contributed by atoms with Crippen LogP contribution in [-0.4, -0.2) is 30.7 Å². The summed E-state index contributed by atoms with van der Waals surface area (Å²) in [5, 5.41) is 8.56. The van der Waals surface area contributed by atoms with Crippen LogP contribution in [0.2, 0.25) is 0 Å². The lowest BCUT2D eigenvalue weighted by molar-refractivity contribution is 0.367. The molecule has 1 aromatic rings. The third-order valence-electron chi connectivity index (χ3n) is 1.13. The standard InChI is InChI=1S/C6H5.CH3O.Al.HO2P/c1-2-4-6-5-3-1;1-2;;1-3-2/h1-5H;2H,1H2;;(H,1,2). The molecule has 0 spiro atoms. The number of hydrogen-bond acceptors (Lipinski definition) is 2. The van der Waals surface area contributed by atoms with Gasteiger partial charge in [0, 0.05) is 0 Å². The van der Waals surface area contributed by atoms with E-state index in [0.29, 0.717) is 5.47 Å². The second kappa shape index (κ2) is 8.87. The summed E-state index contributed by atoms with van der Waals surface area (Å²) in [6.07, 6.45) is 0. The Morgan fingerprint density at radius 3 is 2.25 bits per heavy atom. The van der Waals surface area contributed by atoms with E-state index in [4.69, 9.17) is 14.6 Å². The van der Waals surface area contributed by atoms with Crippen molar-refractivity contribution in [2.45, 2.75) is 0 Å². The maximum atomic E-state index is 8.56. The van der Waals surface area contributed by atoms with Gasteiger partial charge in [0.25, 0.3) is 15.2 Å². The lowest BCUT2D eigenvalue weighted by atomic mass is 10.4. The minimum atomic E-state index is -0.833. The molecule has 0 fully saturated rings. The molecule has 3 nitrogen and oxygen atoms in total. The lowest BCUT2D eigenvalue weighted by Crippen LogP contribution is -2.16. The fraction of sp³-hybridized carbons (Fsp3) is 0.143. The van der Waals surface area contributed by atoms with Crippen LogP contribution in [0.3, 0.4) is 0 Å². The highest BCUT2D eigenvalue weighted by atomic mass is 31.1. The van der Waals surface area contributed by atoms with Gasteiger partial charge in [-0.25, -0.2) is 4.57 Å². The van der Waals surface area contributed by atoms with Gasteiger partial charge in [-0.3, -0.25) is 0 Å². The van der Waals surface area contributed by atoms with E-state index in [9.17, 15) is 0 Å². The number of rotatable bonds is 2. The second-order valence-corrected chi connectivity index (χ2v) is 3.48. The number of hydrogen-bond donors (Lipinski definition) is 2. The number of aliphatic hydroxyl groups is 1. The van der Waals surface area contributed by atoms with Crippen LogP contribution in [0.15, 0.2) is 30.3 Å². The first-order valence-electron chi connectivity index (χ1n) is 3.31. The van der Waals surface area contributed by atoms with Crippen molar-refractivity contribution in [2.24, 2.45) is 0 Å². The van der Waals surface area contributed by atoms with Crippen molar-refractivity contribution >= 4 is 28.3 Å². The minimum absolute atomic E-state index is 0.0986. The lowest BCUT2D eigenvalue weighted by Gasteiger charge is -1.91. The van der Waals surface area contributed by atoms with Gasteiger partial charge in [0.2, 0.25) is 0 Å². The molecule has 0 atom stereocenters. The predicted octanol–water partition coefficient (Wildman–Crippen LogP) is 0.151. The molecule has 0 aromatic heterocycles. The van der Waals surface area contributed by atoms with Crippen LogP contribution < -0.4 is 4.43 Å². The first-order chi connectivity index (χ1) is 5.85. The Hall–Kier alpha value is -0.228. The van der Waals surface area contributed by atoms with Gasteiger partial charge in [0.15, 0.2) is 0 Å². The highest BCUT2D eigenvalue weighted by Crippen LogP contribution is 1.79. The van der Waals surface area contributed by atoms with Crippen molar-refractivity contribution in [3.05, 3.63) is 30.3 Å². The van der Waals surface area contributed by atoms with Crippen molar-refractivity contribution in [1.29, 1.82) is 0 Å². The van der Waals surface area contributed by atoms with Crippen molar-refractivity contribution in [3.63, 3.8) is 0 Å². The molecule has 63 valence electrons. The van der Waals surface area contributed by atoms with Gasteiger partial charge in [-0.2, -0.15) is 0 Å². The normalized spacial score (nSPS) is 8.50. The molecule has 0 unspecified atom stereocenters. The highest BCUT2D eigenvalue weighted by molar-refractivity contribution is 7.16. The molecular formula is C7H9AlO3P. The fourth-order valence-corrected chi connectivity index (χ4v) is 1.40. The molecule has 1 rings (SSSR count). The molecule has 0 saturated carbocycles. The minimum Gasteiger partial charge on any atom is -0.412 e. The highest BCUT2D eigenvalue weighted by Gasteiger charge is 1.90. The van der Waals surface area contributed by atoms with Crippen molar-refractivity contribution in [3.8, 4) is 0 Å². The smallest absolute Gasteiger partial charge is 0.324 e. The average Bonchev–Trinajstić information content (AvgIpc) is 2.08. The Bertz CT molecular complexity index is 205. The fourth-order valence-electron chi connectivity index (χ4n) is 0.695. The van der Waals surface area contributed by atoms with Crippen LogP contribution in [0, 0.1) is 0 Å². The molecule has 0 aliphatic rings. The molecule has 0 saturated heterocycles. The van der Waals surface area contributed by atoms with E-state index in [2.05, 4.69) is 0 Å². The molecule has 2 N–H and O–H groups in total. The molecule has 0 bridgehead atoms. The summed E-state index contributed by atoms with van der Waals surface area (Å²) in [7, 11) is -0.833. The summed E-state index contributed by atoms with van der Waals surface area (Å²) in [5.41, 5.74) is 0.323. The second-order valence-electron chi connectivity index (χ2n) is 1.88. The SMILES string of the molecule is O=PO.O[CH2][Al][c]1ccccc1. The third-order valence-corrected chi connectivity index (χ3v) is 2.17. The molecule has 5 heteroatoms. The van der Waals surface area contributed by atoms with E-state index in [1.807, 2.05) is 30.3 Å². The van der Waals surface area contributed by atoms with E-state index in [1.165, 1.54) is 4.43 Å². The zero-order chi connectivity index (χ0) is 9.23. The van der Waals surface area contributed by atoms with Gasteiger partial charge in [-0.1, -0.05) is 30.3 Å². The van der Waals surface area contributed by atoms with Gasteiger partial charge >= 0.3 is 8.69 Å². The zero-order valence-corrected chi connectivity index (χ0v) is 8.47. The monoisotopic (exact) mass is 199 g/mol. The molecular weight excluding hydrogens is 190 g/mol. The molecule has 0 aliphatic heterocycles. The molecule has 1 radical (unpaired) electrons. The van der Waals surface area contributed by atoms with E-state index in [0.717, 1.165) is 0 Å². The van der Waals surface area contributed by atoms with Crippen LogP contribution in [0.5, 0.6) is 0 Å². The summed E-state index contributed by atoms with van der Waals surface area (Å²) in [4.78, 5) is 6.99. The molecule has 0 heterocycles. The number of benzene rings is 1. The summed E-state index contributed by atoms with van der Waals surface area (Å²) in [6.45, 7) is 0. The predicted molar refractivity (Wildman–Crippen MR) is 48.7 cm³/mol. The van der Waals surface area contributed by atoms with E-state index in [-0.39, 0.29) is 15.2 Å². The quantitative estimate of drug-likeness (QED) is 0.526. The van der Waals surface area contributed by atoms with Gasteiger partial charge in [-0.05, 0) is 5.47 Å². The van der Waals surface area contributed by atoms with Crippen molar-refractivity contribution < 1.29 is 14.6 Å². The Morgan fingerprint density at radius 2 is 1.83 bits per heavy atom. The number of aliphatic hydroxyl groups excluding tert-OH is 1. The van der Waals surface area contributed by atoms with E-state index < -0.39 is 8.69 Å². The maximum absolute atomic E-state index is 8.56. The van der Waals surface area contributed by atoms with E-state index >= 15 is 0 Å². The Morgan fingerprint density at radius 1 is 1.33 bits per heavy atom. The van der Waals surface area contributed by atoms with Gasteiger partial charge in [0.1, 0.15) is 0 Å². The van der Waals surface area contributed by atoms with Gasteiger partial charge in [0.05, 0.1) is 0 Å². The van der Waals surface area contributed by atoms with Gasteiger partial charge < -0.3 is 10.00 Å². The summed E-state index contributed by atoms with van der Waals surface area (Å²) >= 11 is 0.0986. The van der Waals surface area contributed by atoms with Crippen LogP contribution in [0.1, 0.15) is 0 Å². The summed E-state index contributed by atoms with van der Waals surface area (Å²) in [6, 6.07) is 10.1. The topological polar surface area (TPSA) is 57.5 Å². The summed E-state index contributed by atoms with van der Waals surface area (Å²) < 4.78 is 9.74. The first kappa shape index (κ1) is 11.8. The van der Waals surface area contributed by atoms with Crippen LogP contribution in [0.25, 0.3) is 0 Å². The van der Waals surface area contributed by atoms with Crippen LogP contribution >= 0.6 is 8.69 Å². The maximum Gasteiger partial charge on any atom is 0.324 e. The Kier molecular flexibility index (Phi) is 8.70. The molecule has 0 amide bonds. The Balaban J connectivity index is 0.000000354. The van der Waals surface area contributed by atoms with E-state index in [1.54, 1.807) is 0 Å². The Labute approximate surface area is 79.1 Å². The third kappa shape index (κ3) is 6.48. The first-order valence-corrected chi connectivity index (χ1v) is 5.47. The van der Waals surface area contributed by atoms with Crippen LogP contribution in [0.4, 0.5) is 0 Å². The van der Waals surface area contributed by atoms with Crippen molar-refractivity contribution in [1.82, 2.24) is 0 Å². The largest absolute Gasteiger partial charge is 0.412 e. The molecule has 1 aromatic carbocycles. The molecule has 0 aliphatic carbocycles. The summed E-state index contributed by atoms with van der Waals surface area (Å²) in [5.74, 6) is 0. The van der Waals surface area contributed by atoms with Gasteiger partial charge in [-0.15, -0.1) is 4.43 Å². The van der Waals surface area contributed by atoms with Crippen molar-refractivity contribution in [2.75, 3.05) is 5.47 Å². The average molecular weight is 199 g/mol. The van der Waals surface area contributed by atoms with Crippen LogP contribution in [-0.2, 0) is 4.57 Å².